The monoisotopic (exact) mass is 241 g/mol. The first-order chi connectivity index (χ1) is 7.34. The van der Waals surface area contributed by atoms with Crippen molar-refractivity contribution in [2.75, 3.05) is 18.1 Å². The van der Waals surface area contributed by atoms with Gasteiger partial charge in [0.2, 0.25) is 0 Å². The minimum Gasteiger partial charge on any atom is -0.313 e. The van der Waals surface area contributed by atoms with Crippen LogP contribution in [0.3, 0.4) is 0 Å². The van der Waals surface area contributed by atoms with Crippen LogP contribution >= 0.6 is 23.4 Å². The molecule has 1 heterocycles. The molecule has 1 aliphatic rings. The Balaban J connectivity index is 1.71. The van der Waals surface area contributed by atoms with Gasteiger partial charge in [-0.3, -0.25) is 0 Å². The summed E-state index contributed by atoms with van der Waals surface area (Å²) in [6, 6.07) is 8.87. The second kappa shape index (κ2) is 5.78. The van der Waals surface area contributed by atoms with Gasteiger partial charge in [-0.1, -0.05) is 23.7 Å². The number of nitrogens with one attached hydrogen (secondary N) is 1. The molecule has 1 aromatic carbocycles. The van der Waals surface area contributed by atoms with Crippen LogP contribution < -0.4 is 5.32 Å². The van der Waals surface area contributed by atoms with Crippen molar-refractivity contribution in [3.8, 4) is 0 Å². The van der Waals surface area contributed by atoms with E-state index in [4.69, 9.17) is 11.6 Å². The van der Waals surface area contributed by atoms with E-state index in [0.29, 0.717) is 0 Å². The molecule has 1 nitrogen and oxygen atoms in total. The molecule has 0 amide bonds. The fraction of sp³-hybridized carbons (Fsp3) is 0.500. The van der Waals surface area contributed by atoms with Crippen molar-refractivity contribution in [3.63, 3.8) is 0 Å². The highest BCUT2D eigenvalue weighted by molar-refractivity contribution is 7.99. The van der Waals surface area contributed by atoms with Crippen LogP contribution in [-0.2, 0) is 6.42 Å². The smallest absolute Gasteiger partial charge is 0.0406 e. The standard InChI is InChI=1S/C12H16ClNS/c13-11-3-1-10(2-4-11)5-7-14-12-6-8-15-9-12/h1-4,12,14H,5-9H2/t12-/m0/s1. The molecule has 0 bridgehead atoms. The van der Waals surface area contributed by atoms with E-state index < -0.39 is 0 Å². The molecule has 1 saturated heterocycles. The highest BCUT2D eigenvalue weighted by Crippen LogP contribution is 2.17. The SMILES string of the molecule is Clc1ccc(CCN[C@H]2CCSC2)cc1. The summed E-state index contributed by atoms with van der Waals surface area (Å²) >= 11 is 7.88. The zero-order valence-electron chi connectivity index (χ0n) is 8.71. The van der Waals surface area contributed by atoms with E-state index in [0.717, 1.165) is 24.0 Å². The molecular formula is C12H16ClNS. The summed E-state index contributed by atoms with van der Waals surface area (Å²) < 4.78 is 0. The topological polar surface area (TPSA) is 12.0 Å². The predicted molar refractivity (Wildman–Crippen MR) is 68.9 cm³/mol. The maximum atomic E-state index is 5.83. The summed E-state index contributed by atoms with van der Waals surface area (Å²) in [4.78, 5) is 0. The Morgan fingerprint density at radius 1 is 1.33 bits per heavy atom. The largest absolute Gasteiger partial charge is 0.313 e. The zero-order valence-corrected chi connectivity index (χ0v) is 10.3. The van der Waals surface area contributed by atoms with Crippen LogP contribution in [0.2, 0.25) is 5.02 Å². The molecule has 2 rings (SSSR count). The first-order valence-electron chi connectivity index (χ1n) is 5.40. The maximum absolute atomic E-state index is 5.83. The molecule has 0 unspecified atom stereocenters. The third-order valence-electron chi connectivity index (χ3n) is 2.69. The van der Waals surface area contributed by atoms with E-state index >= 15 is 0 Å². The second-order valence-electron chi connectivity index (χ2n) is 3.89. The Kier molecular flexibility index (Phi) is 4.36. The molecule has 82 valence electrons. The lowest BCUT2D eigenvalue weighted by molar-refractivity contribution is 0.560. The van der Waals surface area contributed by atoms with E-state index in [1.54, 1.807) is 0 Å². The summed E-state index contributed by atoms with van der Waals surface area (Å²) in [5.74, 6) is 2.60. The molecule has 15 heavy (non-hydrogen) atoms. The average Bonchev–Trinajstić information content (AvgIpc) is 2.74. The Labute approximate surface area is 101 Å². The predicted octanol–water partition coefficient (Wildman–Crippen LogP) is 2.98. The van der Waals surface area contributed by atoms with Crippen molar-refractivity contribution in [1.29, 1.82) is 0 Å². The molecule has 1 aliphatic heterocycles. The van der Waals surface area contributed by atoms with Crippen LogP contribution in [0.1, 0.15) is 12.0 Å². The lowest BCUT2D eigenvalue weighted by Gasteiger charge is -2.10. The number of halogens is 1. The Bertz CT molecular complexity index is 293. The van der Waals surface area contributed by atoms with E-state index in [1.165, 1.54) is 23.5 Å². The Morgan fingerprint density at radius 3 is 2.80 bits per heavy atom. The minimum absolute atomic E-state index is 0.738. The number of hydrogen-bond donors (Lipinski definition) is 1. The lowest BCUT2D eigenvalue weighted by atomic mass is 10.1. The molecule has 3 heteroatoms. The molecule has 1 fully saturated rings. The van der Waals surface area contributed by atoms with Crippen molar-refractivity contribution >= 4 is 23.4 Å². The fourth-order valence-corrected chi connectivity index (χ4v) is 3.08. The van der Waals surface area contributed by atoms with Gasteiger partial charge in [0, 0.05) is 16.8 Å². The van der Waals surface area contributed by atoms with Crippen LogP contribution in [0.25, 0.3) is 0 Å². The normalized spacial score (nSPS) is 20.7. The van der Waals surface area contributed by atoms with Gasteiger partial charge in [-0.05, 0) is 42.8 Å². The van der Waals surface area contributed by atoms with Gasteiger partial charge < -0.3 is 5.32 Å². The van der Waals surface area contributed by atoms with Crippen molar-refractivity contribution in [2.45, 2.75) is 18.9 Å². The summed E-state index contributed by atoms with van der Waals surface area (Å²) in [6.45, 7) is 1.08. The fourth-order valence-electron chi connectivity index (χ4n) is 1.77. The van der Waals surface area contributed by atoms with Gasteiger partial charge in [-0.25, -0.2) is 0 Å². The van der Waals surface area contributed by atoms with Crippen LogP contribution in [0.15, 0.2) is 24.3 Å². The number of rotatable bonds is 4. The Hall–Kier alpha value is -0.180. The van der Waals surface area contributed by atoms with Gasteiger partial charge in [0.25, 0.3) is 0 Å². The highest BCUT2D eigenvalue weighted by Gasteiger charge is 2.13. The van der Waals surface area contributed by atoms with Gasteiger partial charge in [0.1, 0.15) is 0 Å². The van der Waals surface area contributed by atoms with Gasteiger partial charge in [0.05, 0.1) is 0 Å². The van der Waals surface area contributed by atoms with Crippen LogP contribution in [0.5, 0.6) is 0 Å². The van der Waals surface area contributed by atoms with E-state index in [9.17, 15) is 0 Å². The molecule has 0 radical (unpaired) electrons. The summed E-state index contributed by atoms with van der Waals surface area (Å²) in [7, 11) is 0. The van der Waals surface area contributed by atoms with E-state index in [-0.39, 0.29) is 0 Å². The number of benzene rings is 1. The molecule has 1 N–H and O–H groups in total. The summed E-state index contributed by atoms with van der Waals surface area (Å²) in [5, 5.41) is 4.41. The number of hydrogen-bond acceptors (Lipinski definition) is 2. The zero-order chi connectivity index (χ0) is 10.5. The first kappa shape index (κ1) is 11.3. The van der Waals surface area contributed by atoms with Gasteiger partial charge in [-0.15, -0.1) is 0 Å². The van der Waals surface area contributed by atoms with Gasteiger partial charge >= 0.3 is 0 Å². The maximum Gasteiger partial charge on any atom is 0.0406 e. The minimum atomic E-state index is 0.738. The molecule has 0 saturated carbocycles. The first-order valence-corrected chi connectivity index (χ1v) is 6.93. The molecule has 1 atom stereocenters. The van der Waals surface area contributed by atoms with Gasteiger partial charge in [0.15, 0.2) is 0 Å². The number of thioether (sulfide) groups is 1. The van der Waals surface area contributed by atoms with Crippen molar-refractivity contribution in [2.24, 2.45) is 0 Å². The highest BCUT2D eigenvalue weighted by atomic mass is 35.5. The molecule has 0 aromatic heterocycles. The molecule has 1 aromatic rings. The molecular weight excluding hydrogens is 226 g/mol. The summed E-state index contributed by atoms with van der Waals surface area (Å²) in [5.41, 5.74) is 1.36. The summed E-state index contributed by atoms with van der Waals surface area (Å²) in [6.07, 6.45) is 2.42. The van der Waals surface area contributed by atoms with Gasteiger partial charge in [-0.2, -0.15) is 11.8 Å². The quantitative estimate of drug-likeness (QED) is 0.870. The van der Waals surface area contributed by atoms with Crippen LogP contribution in [-0.4, -0.2) is 24.1 Å². The van der Waals surface area contributed by atoms with E-state index in [1.807, 2.05) is 12.1 Å². The average molecular weight is 242 g/mol. The van der Waals surface area contributed by atoms with Crippen molar-refractivity contribution < 1.29 is 0 Å². The third kappa shape index (κ3) is 3.71. The molecule has 0 spiro atoms. The van der Waals surface area contributed by atoms with Crippen molar-refractivity contribution in [3.05, 3.63) is 34.9 Å². The third-order valence-corrected chi connectivity index (χ3v) is 4.10. The second-order valence-corrected chi connectivity index (χ2v) is 5.48. The Morgan fingerprint density at radius 2 is 2.13 bits per heavy atom. The van der Waals surface area contributed by atoms with E-state index in [2.05, 4.69) is 29.2 Å². The lowest BCUT2D eigenvalue weighted by Crippen LogP contribution is -2.30. The molecule has 0 aliphatic carbocycles. The van der Waals surface area contributed by atoms with Crippen molar-refractivity contribution in [1.82, 2.24) is 5.32 Å². The van der Waals surface area contributed by atoms with Crippen LogP contribution in [0.4, 0.5) is 0 Å². The van der Waals surface area contributed by atoms with Crippen LogP contribution in [0, 0.1) is 0 Å².